The highest BCUT2D eigenvalue weighted by Gasteiger charge is 2.71. The third kappa shape index (κ3) is 2.59. The molecule has 0 bridgehead atoms. The molecular weight excluding hydrogens is 342 g/mol. The van der Waals surface area contributed by atoms with Crippen LogP contribution in [0.5, 0.6) is 0 Å². The van der Waals surface area contributed by atoms with Crippen molar-refractivity contribution in [2.75, 3.05) is 13.1 Å². The number of hydrogen-bond acceptors (Lipinski definition) is 2. The first-order valence-electron chi connectivity index (χ1n) is 8.69. The van der Waals surface area contributed by atoms with Gasteiger partial charge in [0.05, 0.1) is 4.90 Å². The van der Waals surface area contributed by atoms with Crippen molar-refractivity contribution in [3.8, 4) is 11.8 Å². The summed E-state index contributed by atoms with van der Waals surface area (Å²) >= 11 is 0. The molecule has 132 valence electrons. The standard InChI is InChI=1S/C22H21NO2S/c1-18(13-14-19-9-5-3-6-10-19)22-15-21(22,2)16-23(17-22)26(24,25)20-11-7-4-8-12-20/h3-12H,1,15-17H2,2H3/t21-,22+/m1/s1. The number of benzene rings is 2. The van der Waals surface area contributed by atoms with E-state index in [4.69, 9.17) is 0 Å². The smallest absolute Gasteiger partial charge is 0.207 e. The Hall–Kier alpha value is -2.35. The van der Waals surface area contributed by atoms with Crippen LogP contribution in [0.15, 0.2) is 77.7 Å². The van der Waals surface area contributed by atoms with Crippen LogP contribution in [0.1, 0.15) is 18.9 Å². The summed E-state index contributed by atoms with van der Waals surface area (Å²) in [5.74, 6) is 6.35. The van der Waals surface area contributed by atoms with E-state index in [0.29, 0.717) is 18.0 Å². The number of piperidine rings is 1. The second-order valence-electron chi connectivity index (χ2n) is 7.50. The predicted molar refractivity (Wildman–Crippen MR) is 103 cm³/mol. The van der Waals surface area contributed by atoms with Crippen LogP contribution in [-0.2, 0) is 10.0 Å². The zero-order chi connectivity index (χ0) is 18.4. The van der Waals surface area contributed by atoms with Gasteiger partial charge in [0.25, 0.3) is 0 Å². The van der Waals surface area contributed by atoms with Crippen LogP contribution < -0.4 is 0 Å². The minimum absolute atomic E-state index is 0.0721. The van der Waals surface area contributed by atoms with Gasteiger partial charge in [0.15, 0.2) is 0 Å². The molecule has 1 saturated heterocycles. The number of nitrogens with zero attached hydrogens (tertiary/aromatic N) is 1. The molecule has 2 fully saturated rings. The van der Waals surface area contributed by atoms with E-state index in [0.717, 1.165) is 17.6 Å². The van der Waals surface area contributed by atoms with E-state index in [-0.39, 0.29) is 10.8 Å². The Balaban J connectivity index is 1.58. The lowest BCUT2D eigenvalue weighted by atomic mass is 9.90. The van der Waals surface area contributed by atoms with Gasteiger partial charge in [0.1, 0.15) is 0 Å². The van der Waals surface area contributed by atoms with Crippen LogP contribution in [0, 0.1) is 22.7 Å². The van der Waals surface area contributed by atoms with Crippen molar-refractivity contribution in [1.29, 1.82) is 0 Å². The van der Waals surface area contributed by atoms with Crippen molar-refractivity contribution in [3.63, 3.8) is 0 Å². The maximum Gasteiger partial charge on any atom is 0.243 e. The van der Waals surface area contributed by atoms with Gasteiger partial charge in [0.2, 0.25) is 10.0 Å². The third-order valence-corrected chi connectivity index (χ3v) is 7.59. The largest absolute Gasteiger partial charge is 0.243 e. The Labute approximate surface area is 155 Å². The molecule has 4 rings (SSSR count). The van der Waals surface area contributed by atoms with Crippen LogP contribution in [0.2, 0.25) is 0 Å². The highest BCUT2D eigenvalue weighted by Crippen LogP contribution is 2.71. The van der Waals surface area contributed by atoms with Gasteiger partial charge in [-0.2, -0.15) is 4.31 Å². The summed E-state index contributed by atoms with van der Waals surface area (Å²) < 4.78 is 27.5. The first-order chi connectivity index (χ1) is 12.4. The Morgan fingerprint density at radius 3 is 2.31 bits per heavy atom. The monoisotopic (exact) mass is 363 g/mol. The van der Waals surface area contributed by atoms with Gasteiger partial charge in [0, 0.05) is 29.6 Å². The van der Waals surface area contributed by atoms with Crippen LogP contribution in [0.25, 0.3) is 0 Å². The Morgan fingerprint density at radius 2 is 1.65 bits per heavy atom. The van der Waals surface area contributed by atoms with Gasteiger partial charge in [-0.1, -0.05) is 61.7 Å². The van der Waals surface area contributed by atoms with E-state index in [1.807, 2.05) is 36.4 Å². The summed E-state index contributed by atoms with van der Waals surface area (Å²) in [6, 6.07) is 18.4. The molecule has 2 aliphatic rings. The Bertz CT molecular complexity index is 1020. The van der Waals surface area contributed by atoms with E-state index >= 15 is 0 Å². The summed E-state index contributed by atoms with van der Waals surface area (Å²) in [4.78, 5) is 0.348. The number of rotatable bonds is 3. The van der Waals surface area contributed by atoms with Crippen molar-refractivity contribution in [1.82, 2.24) is 4.31 Å². The summed E-state index contributed by atoms with van der Waals surface area (Å²) in [6.07, 6.45) is 0.948. The molecule has 0 amide bonds. The lowest BCUT2D eigenvalue weighted by molar-refractivity contribution is 0.410. The van der Waals surface area contributed by atoms with Gasteiger partial charge in [-0.15, -0.1) is 0 Å². The van der Waals surface area contributed by atoms with Gasteiger partial charge in [-0.05, 0) is 36.1 Å². The predicted octanol–water partition coefficient (Wildman–Crippen LogP) is 3.70. The molecule has 2 aromatic rings. The molecule has 4 heteroatoms. The molecule has 26 heavy (non-hydrogen) atoms. The zero-order valence-electron chi connectivity index (χ0n) is 14.8. The first-order valence-corrected chi connectivity index (χ1v) is 10.1. The molecule has 1 aliphatic heterocycles. The SMILES string of the molecule is C=C(C#Cc1ccccc1)[C@]12CN(S(=O)(=O)c3ccccc3)C[C@@]1(C)C2. The van der Waals surface area contributed by atoms with Crippen molar-refractivity contribution < 1.29 is 8.42 Å². The molecule has 0 aromatic heterocycles. The molecule has 2 aromatic carbocycles. The fourth-order valence-corrected chi connectivity index (χ4v) is 5.73. The van der Waals surface area contributed by atoms with Crippen LogP contribution in [0.4, 0.5) is 0 Å². The summed E-state index contributed by atoms with van der Waals surface area (Å²) in [5.41, 5.74) is 1.49. The topological polar surface area (TPSA) is 37.4 Å². The lowest BCUT2D eigenvalue weighted by Gasteiger charge is -2.20. The fourth-order valence-electron chi connectivity index (χ4n) is 4.09. The Morgan fingerprint density at radius 1 is 1.04 bits per heavy atom. The second kappa shape index (κ2) is 5.84. The van der Waals surface area contributed by atoms with Crippen molar-refractivity contribution in [3.05, 3.63) is 78.4 Å². The van der Waals surface area contributed by atoms with Gasteiger partial charge < -0.3 is 0 Å². The molecule has 1 aliphatic carbocycles. The molecule has 3 nitrogen and oxygen atoms in total. The fraction of sp³-hybridized carbons (Fsp3) is 0.273. The average Bonchev–Trinajstić information content (AvgIpc) is 3.13. The molecule has 2 atom stereocenters. The zero-order valence-corrected chi connectivity index (χ0v) is 15.6. The van der Waals surface area contributed by atoms with Crippen LogP contribution in [-0.4, -0.2) is 25.8 Å². The lowest BCUT2D eigenvalue weighted by Crippen LogP contribution is -2.32. The van der Waals surface area contributed by atoms with Crippen molar-refractivity contribution in [2.24, 2.45) is 10.8 Å². The number of hydrogen-bond donors (Lipinski definition) is 0. The average molecular weight is 363 g/mol. The summed E-state index contributed by atoms with van der Waals surface area (Å²) in [5, 5.41) is 0. The minimum atomic E-state index is -3.47. The molecule has 1 heterocycles. The highest BCUT2D eigenvalue weighted by molar-refractivity contribution is 7.89. The second-order valence-corrected chi connectivity index (χ2v) is 9.44. The molecular formula is C22H21NO2S. The van der Waals surface area contributed by atoms with Gasteiger partial charge >= 0.3 is 0 Å². The molecule has 0 unspecified atom stereocenters. The normalized spacial score (nSPS) is 27.3. The molecule has 0 N–H and O–H groups in total. The number of fused-ring (bicyclic) bond motifs is 1. The van der Waals surface area contributed by atoms with Gasteiger partial charge in [-0.3, -0.25) is 0 Å². The molecule has 1 saturated carbocycles. The molecule has 0 spiro atoms. The van der Waals surface area contributed by atoms with Crippen LogP contribution in [0.3, 0.4) is 0 Å². The van der Waals surface area contributed by atoms with E-state index in [2.05, 4.69) is 25.3 Å². The first kappa shape index (κ1) is 17.1. The maximum absolute atomic E-state index is 12.9. The Kier molecular flexibility index (Phi) is 3.83. The van der Waals surface area contributed by atoms with Crippen LogP contribution >= 0.6 is 0 Å². The van der Waals surface area contributed by atoms with E-state index in [1.54, 1.807) is 28.6 Å². The minimum Gasteiger partial charge on any atom is -0.207 e. The van der Waals surface area contributed by atoms with E-state index < -0.39 is 10.0 Å². The van der Waals surface area contributed by atoms with Crippen molar-refractivity contribution >= 4 is 10.0 Å². The summed E-state index contributed by atoms with van der Waals surface area (Å²) in [6.45, 7) is 7.33. The van der Waals surface area contributed by atoms with E-state index in [9.17, 15) is 8.42 Å². The highest BCUT2D eigenvalue weighted by atomic mass is 32.2. The quantitative estimate of drug-likeness (QED) is 0.780. The van der Waals surface area contributed by atoms with E-state index in [1.165, 1.54) is 0 Å². The number of sulfonamides is 1. The summed E-state index contributed by atoms with van der Waals surface area (Å²) in [7, 11) is -3.47. The molecule has 0 radical (unpaired) electrons. The third-order valence-electron chi connectivity index (χ3n) is 5.78. The maximum atomic E-state index is 12.9. The van der Waals surface area contributed by atoms with Crippen molar-refractivity contribution in [2.45, 2.75) is 18.2 Å². The van der Waals surface area contributed by atoms with Gasteiger partial charge in [-0.25, -0.2) is 8.42 Å².